The van der Waals surface area contributed by atoms with Crippen LogP contribution in [0.1, 0.15) is 11.1 Å². The molecule has 0 aromatic heterocycles. The highest BCUT2D eigenvalue weighted by atomic mass is 16.4. The fraction of sp³-hybridized carbons (Fsp3) is 0.133. The maximum atomic E-state index is 10.6. The summed E-state index contributed by atoms with van der Waals surface area (Å²) in [6.45, 7) is 0. The van der Waals surface area contributed by atoms with E-state index in [0.29, 0.717) is 5.69 Å². The van der Waals surface area contributed by atoms with Crippen LogP contribution in [0.15, 0.2) is 48.5 Å². The number of benzene rings is 2. The van der Waals surface area contributed by atoms with Crippen molar-refractivity contribution in [1.29, 1.82) is 0 Å². The number of rotatable bonds is 4. The normalized spacial score (nSPS) is 10.1. The minimum absolute atomic E-state index is 0.595. The van der Waals surface area contributed by atoms with E-state index < -0.39 is 6.09 Å². The van der Waals surface area contributed by atoms with Gasteiger partial charge in [-0.05, 0) is 48.2 Å². The number of nitrogens with two attached hydrogens (primary N) is 1. The van der Waals surface area contributed by atoms with Gasteiger partial charge >= 0.3 is 6.09 Å². The van der Waals surface area contributed by atoms with Gasteiger partial charge in [-0.25, -0.2) is 4.79 Å². The van der Waals surface area contributed by atoms with Crippen LogP contribution >= 0.6 is 0 Å². The summed E-state index contributed by atoms with van der Waals surface area (Å²) < 4.78 is 0. The summed E-state index contributed by atoms with van der Waals surface area (Å²) in [5.74, 6) is 0. The fourth-order valence-corrected chi connectivity index (χ4v) is 1.97. The maximum absolute atomic E-state index is 10.6. The first-order chi connectivity index (χ1) is 9.13. The Morgan fingerprint density at radius 2 is 1.68 bits per heavy atom. The lowest BCUT2D eigenvalue weighted by atomic mass is 10.0. The highest BCUT2D eigenvalue weighted by Gasteiger charge is 2.00. The van der Waals surface area contributed by atoms with Crippen molar-refractivity contribution in [3.63, 3.8) is 0 Å². The molecule has 0 aliphatic heterocycles. The first-order valence-corrected chi connectivity index (χ1v) is 6.07. The number of carbonyl (C=O) groups is 1. The predicted octanol–water partition coefficient (Wildman–Crippen LogP) is 3.14. The molecule has 4 N–H and O–H groups in total. The summed E-state index contributed by atoms with van der Waals surface area (Å²) in [7, 11) is 0. The molecule has 2 rings (SSSR count). The summed E-state index contributed by atoms with van der Waals surface area (Å²) in [6, 6.07) is 15.2. The minimum Gasteiger partial charge on any atom is -0.465 e. The molecule has 0 unspecified atom stereocenters. The summed E-state index contributed by atoms with van der Waals surface area (Å²) >= 11 is 0. The lowest BCUT2D eigenvalue weighted by Gasteiger charge is -2.06. The molecule has 0 bridgehead atoms. The molecule has 0 radical (unpaired) electrons. The van der Waals surface area contributed by atoms with E-state index in [1.54, 1.807) is 6.07 Å². The van der Waals surface area contributed by atoms with Gasteiger partial charge in [0.05, 0.1) is 0 Å². The van der Waals surface area contributed by atoms with Crippen LogP contribution in [-0.2, 0) is 12.8 Å². The van der Waals surface area contributed by atoms with Gasteiger partial charge in [-0.2, -0.15) is 0 Å². The van der Waals surface area contributed by atoms with Crippen LogP contribution in [0.3, 0.4) is 0 Å². The monoisotopic (exact) mass is 256 g/mol. The van der Waals surface area contributed by atoms with Gasteiger partial charge in [-0.3, -0.25) is 5.32 Å². The molecule has 19 heavy (non-hydrogen) atoms. The van der Waals surface area contributed by atoms with E-state index in [0.717, 1.165) is 24.1 Å². The third-order valence-electron chi connectivity index (χ3n) is 2.83. The molecule has 1 amide bonds. The molecule has 0 aliphatic carbocycles. The van der Waals surface area contributed by atoms with E-state index in [9.17, 15) is 4.79 Å². The second kappa shape index (κ2) is 5.91. The van der Waals surface area contributed by atoms with Crippen molar-refractivity contribution < 1.29 is 9.90 Å². The van der Waals surface area contributed by atoms with E-state index in [1.165, 1.54) is 5.56 Å². The lowest BCUT2D eigenvalue weighted by Crippen LogP contribution is -2.07. The van der Waals surface area contributed by atoms with Crippen molar-refractivity contribution in [3.05, 3.63) is 59.7 Å². The summed E-state index contributed by atoms with van der Waals surface area (Å²) in [5, 5.41) is 11.0. The van der Waals surface area contributed by atoms with E-state index in [2.05, 4.69) is 5.32 Å². The maximum Gasteiger partial charge on any atom is 0.409 e. The fourth-order valence-electron chi connectivity index (χ4n) is 1.97. The Morgan fingerprint density at radius 1 is 1.05 bits per heavy atom. The van der Waals surface area contributed by atoms with Crippen molar-refractivity contribution in [1.82, 2.24) is 0 Å². The van der Waals surface area contributed by atoms with Crippen molar-refractivity contribution >= 4 is 17.5 Å². The lowest BCUT2D eigenvalue weighted by molar-refractivity contribution is 0.210. The summed E-state index contributed by atoms with van der Waals surface area (Å²) in [6.07, 6.45) is 0.674. The molecule has 0 saturated carbocycles. The minimum atomic E-state index is -1.05. The van der Waals surface area contributed by atoms with Gasteiger partial charge in [0.15, 0.2) is 0 Å². The molecule has 2 aromatic carbocycles. The zero-order valence-corrected chi connectivity index (χ0v) is 10.5. The number of aryl methyl sites for hydroxylation is 2. The molecule has 98 valence electrons. The molecule has 4 heteroatoms. The molecular formula is C15H16N2O2. The molecule has 2 aromatic rings. The zero-order valence-electron chi connectivity index (χ0n) is 10.5. The molecule has 0 atom stereocenters. The van der Waals surface area contributed by atoms with Gasteiger partial charge in [0.25, 0.3) is 0 Å². The summed E-state index contributed by atoms with van der Waals surface area (Å²) in [4.78, 5) is 10.6. The van der Waals surface area contributed by atoms with Crippen LogP contribution in [-0.4, -0.2) is 11.2 Å². The van der Waals surface area contributed by atoms with Gasteiger partial charge in [0.2, 0.25) is 0 Å². The highest BCUT2D eigenvalue weighted by molar-refractivity contribution is 5.82. The number of amides is 1. The third kappa shape index (κ3) is 4.03. The van der Waals surface area contributed by atoms with Crippen LogP contribution in [0.5, 0.6) is 0 Å². The van der Waals surface area contributed by atoms with Crippen LogP contribution < -0.4 is 11.1 Å². The Morgan fingerprint density at radius 3 is 2.32 bits per heavy atom. The first-order valence-electron chi connectivity index (χ1n) is 6.07. The molecule has 4 nitrogen and oxygen atoms in total. The highest BCUT2D eigenvalue weighted by Crippen LogP contribution is 2.14. The smallest absolute Gasteiger partial charge is 0.409 e. The second-order valence-electron chi connectivity index (χ2n) is 4.38. The van der Waals surface area contributed by atoms with Crippen LogP contribution in [0.25, 0.3) is 0 Å². The Bertz CT molecular complexity index is 582. The zero-order chi connectivity index (χ0) is 13.7. The number of anilines is 2. The van der Waals surface area contributed by atoms with Crippen LogP contribution in [0.4, 0.5) is 16.2 Å². The average Bonchev–Trinajstić information content (AvgIpc) is 2.36. The van der Waals surface area contributed by atoms with E-state index in [1.807, 2.05) is 42.5 Å². The number of nitrogens with one attached hydrogen (secondary N) is 1. The van der Waals surface area contributed by atoms with Gasteiger partial charge < -0.3 is 10.8 Å². The van der Waals surface area contributed by atoms with Crippen LogP contribution in [0.2, 0.25) is 0 Å². The van der Waals surface area contributed by atoms with Crippen LogP contribution in [0, 0.1) is 0 Å². The standard InChI is InChI=1S/C15H16N2O2/c16-13-5-1-3-11(9-13)7-8-12-4-2-6-14(10-12)17-15(18)19/h1-6,9-10,17H,7-8,16H2,(H,18,19). The van der Waals surface area contributed by atoms with E-state index in [4.69, 9.17) is 10.8 Å². The van der Waals surface area contributed by atoms with Gasteiger partial charge in [0, 0.05) is 11.4 Å². The Hall–Kier alpha value is -2.49. The summed E-state index contributed by atoms with van der Waals surface area (Å²) in [5.41, 5.74) is 9.36. The van der Waals surface area contributed by atoms with Gasteiger partial charge in [-0.1, -0.05) is 24.3 Å². The van der Waals surface area contributed by atoms with Crippen molar-refractivity contribution in [2.45, 2.75) is 12.8 Å². The Balaban J connectivity index is 2.01. The molecule has 0 aliphatic rings. The SMILES string of the molecule is Nc1cccc(CCc2cccc(NC(=O)O)c2)c1. The number of carboxylic acid groups (broad SMARTS) is 1. The quantitative estimate of drug-likeness (QED) is 0.735. The van der Waals surface area contributed by atoms with Crippen molar-refractivity contribution in [2.24, 2.45) is 0 Å². The molecule has 0 fully saturated rings. The Labute approximate surface area is 111 Å². The average molecular weight is 256 g/mol. The van der Waals surface area contributed by atoms with E-state index in [-0.39, 0.29) is 0 Å². The largest absolute Gasteiger partial charge is 0.465 e. The van der Waals surface area contributed by atoms with Crippen molar-refractivity contribution in [2.75, 3.05) is 11.1 Å². The number of hydrogen-bond donors (Lipinski definition) is 3. The predicted molar refractivity (Wildman–Crippen MR) is 76.4 cm³/mol. The third-order valence-corrected chi connectivity index (χ3v) is 2.83. The topological polar surface area (TPSA) is 75.3 Å². The molecule has 0 saturated heterocycles. The first kappa shape index (κ1) is 13.0. The second-order valence-corrected chi connectivity index (χ2v) is 4.38. The number of hydrogen-bond acceptors (Lipinski definition) is 2. The Kier molecular flexibility index (Phi) is 4.03. The van der Waals surface area contributed by atoms with E-state index >= 15 is 0 Å². The molecular weight excluding hydrogens is 240 g/mol. The molecule has 0 spiro atoms. The van der Waals surface area contributed by atoms with Crippen molar-refractivity contribution in [3.8, 4) is 0 Å². The van der Waals surface area contributed by atoms with Gasteiger partial charge in [0.1, 0.15) is 0 Å². The molecule has 0 heterocycles. The number of nitrogen functional groups attached to an aromatic ring is 1. The van der Waals surface area contributed by atoms with Gasteiger partial charge in [-0.15, -0.1) is 0 Å².